The molecule has 0 aliphatic carbocycles. The van der Waals surface area contributed by atoms with Crippen LogP contribution in [-0.4, -0.2) is 29.1 Å². The van der Waals surface area contributed by atoms with E-state index in [0.29, 0.717) is 0 Å². The summed E-state index contributed by atoms with van der Waals surface area (Å²) < 4.78 is 0. The maximum absolute atomic E-state index is 10.5. The summed E-state index contributed by atoms with van der Waals surface area (Å²) in [6.45, 7) is 6.39. The molecule has 0 aliphatic rings. The van der Waals surface area contributed by atoms with Gasteiger partial charge in [-0.3, -0.25) is 0 Å². The third-order valence-corrected chi connectivity index (χ3v) is 2.26. The van der Waals surface area contributed by atoms with Crippen LogP contribution in [0.4, 0.5) is 0 Å². The summed E-state index contributed by atoms with van der Waals surface area (Å²) in [6, 6.07) is 9.09. The van der Waals surface area contributed by atoms with E-state index in [9.17, 15) is 4.79 Å². The molecule has 17 heavy (non-hydrogen) atoms. The molecule has 4 heteroatoms. The van der Waals surface area contributed by atoms with Crippen molar-refractivity contribution in [2.75, 3.05) is 13.1 Å². The van der Waals surface area contributed by atoms with Gasteiger partial charge in [0, 0.05) is 10.9 Å². The Morgan fingerprint density at radius 1 is 1.29 bits per heavy atom. The fourth-order valence-electron chi connectivity index (χ4n) is 1.44. The van der Waals surface area contributed by atoms with Gasteiger partial charge in [-0.05, 0) is 25.2 Å². The van der Waals surface area contributed by atoms with Crippen LogP contribution in [0.25, 0.3) is 10.9 Å². The molecule has 1 aromatic heterocycles. The van der Waals surface area contributed by atoms with Crippen LogP contribution in [0.5, 0.6) is 0 Å². The van der Waals surface area contributed by atoms with Crippen molar-refractivity contribution >= 4 is 16.9 Å². The van der Waals surface area contributed by atoms with Crippen molar-refractivity contribution < 1.29 is 9.90 Å². The van der Waals surface area contributed by atoms with Crippen LogP contribution in [-0.2, 0) is 0 Å². The molecule has 0 saturated carbocycles. The molecular weight excluding hydrogens is 216 g/mol. The molecule has 2 aromatic rings. The van der Waals surface area contributed by atoms with Crippen molar-refractivity contribution in [1.29, 1.82) is 0 Å². The third kappa shape index (κ3) is 3.92. The van der Waals surface area contributed by atoms with Gasteiger partial charge >= 0.3 is 5.97 Å². The summed E-state index contributed by atoms with van der Waals surface area (Å²) in [5, 5.41) is 12.7. The summed E-state index contributed by atoms with van der Waals surface area (Å²) in [5.41, 5.74) is 1.09. The van der Waals surface area contributed by atoms with Gasteiger partial charge in [-0.1, -0.05) is 32.0 Å². The lowest BCUT2D eigenvalue weighted by Gasteiger charge is -1.86. The fourth-order valence-corrected chi connectivity index (χ4v) is 1.44. The zero-order valence-corrected chi connectivity index (χ0v) is 10.2. The minimum Gasteiger partial charge on any atom is -0.477 e. The smallest absolute Gasteiger partial charge is 0.352 e. The molecule has 1 heterocycles. The zero-order valence-electron chi connectivity index (χ0n) is 10.2. The Morgan fingerprint density at radius 2 is 1.94 bits per heavy atom. The number of aromatic carboxylic acids is 1. The number of benzene rings is 1. The van der Waals surface area contributed by atoms with Crippen molar-refractivity contribution in [2.24, 2.45) is 0 Å². The summed E-state index contributed by atoms with van der Waals surface area (Å²) in [7, 11) is 0. The maximum atomic E-state index is 10.5. The van der Waals surface area contributed by atoms with Crippen molar-refractivity contribution in [3.8, 4) is 0 Å². The molecule has 0 radical (unpaired) electrons. The Balaban J connectivity index is 0.000000249. The maximum Gasteiger partial charge on any atom is 0.352 e. The second-order valence-corrected chi connectivity index (χ2v) is 3.53. The van der Waals surface area contributed by atoms with E-state index >= 15 is 0 Å². The highest BCUT2D eigenvalue weighted by atomic mass is 16.4. The van der Waals surface area contributed by atoms with E-state index in [0.717, 1.165) is 24.0 Å². The van der Waals surface area contributed by atoms with E-state index in [1.54, 1.807) is 6.07 Å². The number of rotatable bonds is 3. The first-order chi connectivity index (χ1) is 8.19. The van der Waals surface area contributed by atoms with Crippen molar-refractivity contribution in [1.82, 2.24) is 10.3 Å². The van der Waals surface area contributed by atoms with Gasteiger partial charge in [0.05, 0.1) is 0 Å². The largest absolute Gasteiger partial charge is 0.477 e. The number of aromatic amines is 1. The monoisotopic (exact) mass is 234 g/mol. The molecule has 4 nitrogen and oxygen atoms in total. The molecule has 0 fully saturated rings. The van der Waals surface area contributed by atoms with E-state index in [1.807, 2.05) is 24.3 Å². The Labute approximate surface area is 101 Å². The Morgan fingerprint density at radius 3 is 2.41 bits per heavy atom. The van der Waals surface area contributed by atoms with Crippen LogP contribution in [0.2, 0.25) is 0 Å². The quantitative estimate of drug-likeness (QED) is 0.764. The number of carbonyl (C=O) groups is 1. The van der Waals surface area contributed by atoms with Crippen LogP contribution < -0.4 is 5.32 Å². The lowest BCUT2D eigenvalue weighted by atomic mass is 10.2. The number of para-hydroxylation sites is 1. The minimum absolute atomic E-state index is 0.233. The summed E-state index contributed by atoms with van der Waals surface area (Å²) >= 11 is 0. The van der Waals surface area contributed by atoms with Crippen LogP contribution in [0.15, 0.2) is 30.3 Å². The van der Waals surface area contributed by atoms with Gasteiger partial charge in [0.15, 0.2) is 0 Å². The van der Waals surface area contributed by atoms with Gasteiger partial charge < -0.3 is 15.4 Å². The fraction of sp³-hybridized carbons (Fsp3) is 0.308. The van der Waals surface area contributed by atoms with E-state index < -0.39 is 5.97 Å². The highest BCUT2D eigenvalue weighted by molar-refractivity contribution is 5.93. The first kappa shape index (κ1) is 13.3. The normalized spacial score (nSPS) is 9.76. The van der Waals surface area contributed by atoms with Crippen LogP contribution in [0.3, 0.4) is 0 Å². The lowest BCUT2D eigenvalue weighted by Crippen LogP contribution is -2.09. The van der Waals surface area contributed by atoms with Crippen molar-refractivity contribution in [3.05, 3.63) is 36.0 Å². The number of H-pyrrole nitrogens is 1. The van der Waals surface area contributed by atoms with Gasteiger partial charge in [0.1, 0.15) is 5.69 Å². The van der Waals surface area contributed by atoms with Crippen molar-refractivity contribution in [3.63, 3.8) is 0 Å². The Kier molecular flexibility index (Phi) is 5.23. The number of carboxylic acids is 1. The lowest BCUT2D eigenvalue weighted by molar-refractivity contribution is 0.0691. The molecule has 0 bridgehead atoms. The van der Waals surface area contributed by atoms with Crippen LogP contribution in [0, 0.1) is 0 Å². The molecule has 2 rings (SSSR count). The zero-order chi connectivity index (χ0) is 12.7. The topological polar surface area (TPSA) is 65.1 Å². The van der Waals surface area contributed by atoms with Crippen molar-refractivity contribution in [2.45, 2.75) is 13.8 Å². The van der Waals surface area contributed by atoms with Crippen LogP contribution >= 0.6 is 0 Å². The molecule has 0 spiro atoms. The minimum atomic E-state index is -0.925. The van der Waals surface area contributed by atoms with Crippen LogP contribution in [0.1, 0.15) is 24.3 Å². The molecule has 0 atom stereocenters. The molecule has 0 amide bonds. The number of aromatic nitrogens is 1. The Hall–Kier alpha value is -1.81. The summed E-state index contributed by atoms with van der Waals surface area (Å²) in [4.78, 5) is 13.3. The Bertz CT molecular complexity index is 442. The molecule has 3 N–H and O–H groups in total. The predicted octanol–water partition coefficient (Wildman–Crippen LogP) is 2.48. The SMILES string of the molecule is CCNCC.O=C(O)c1cc2ccccc2[nH]1. The number of hydrogen-bond acceptors (Lipinski definition) is 2. The number of hydrogen-bond donors (Lipinski definition) is 3. The highest BCUT2D eigenvalue weighted by Gasteiger charge is 2.05. The number of nitrogens with one attached hydrogen (secondary N) is 2. The second-order valence-electron chi connectivity index (χ2n) is 3.53. The molecule has 1 aromatic carbocycles. The standard InChI is InChI=1S/C9H7NO2.C4H11N/c11-9(12)8-5-6-3-1-2-4-7(6)10-8;1-3-5-4-2/h1-5,10H,(H,11,12);5H,3-4H2,1-2H3. The summed E-state index contributed by atoms with van der Waals surface area (Å²) in [6.07, 6.45) is 0. The summed E-state index contributed by atoms with van der Waals surface area (Å²) in [5.74, 6) is -0.925. The van der Waals surface area contributed by atoms with E-state index in [4.69, 9.17) is 5.11 Å². The number of fused-ring (bicyclic) bond motifs is 1. The molecule has 92 valence electrons. The van der Waals surface area contributed by atoms with Gasteiger partial charge in [-0.25, -0.2) is 4.79 Å². The van der Waals surface area contributed by atoms with E-state index in [-0.39, 0.29) is 5.69 Å². The van der Waals surface area contributed by atoms with Gasteiger partial charge in [0.25, 0.3) is 0 Å². The molecule has 0 aliphatic heterocycles. The van der Waals surface area contributed by atoms with Gasteiger partial charge in [-0.15, -0.1) is 0 Å². The first-order valence-corrected chi connectivity index (χ1v) is 5.70. The molecule has 0 saturated heterocycles. The third-order valence-electron chi connectivity index (χ3n) is 2.26. The number of carboxylic acid groups (broad SMARTS) is 1. The second kappa shape index (κ2) is 6.70. The van der Waals surface area contributed by atoms with E-state index in [2.05, 4.69) is 24.1 Å². The molecular formula is C13H18N2O2. The van der Waals surface area contributed by atoms with Gasteiger partial charge in [0.2, 0.25) is 0 Å². The molecule has 0 unspecified atom stereocenters. The predicted molar refractivity (Wildman–Crippen MR) is 69.5 cm³/mol. The van der Waals surface area contributed by atoms with Gasteiger partial charge in [-0.2, -0.15) is 0 Å². The highest BCUT2D eigenvalue weighted by Crippen LogP contribution is 2.13. The van der Waals surface area contributed by atoms with E-state index in [1.165, 1.54) is 0 Å². The average Bonchev–Trinajstić information content (AvgIpc) is 2.74. The first-order valence-electron chi connectivity index (χ1n) is 5.70. The average molecular weight is 234 g/mol.